The summed E-state index contributed by atoms with van der Waals surface area (Å²) in [5.74, 6) is -0.856. The summed E-state index contributed by atoms with van der Waals surface area (Å²) in [7, 11) is 1.15. The van der Waals surface area contributed by atoms with Crippen molar-refractivity contribution in [3.63, 3.8) is 0 Å². The van der Waals surface area contributed by atoms with Gasteiger partial charge in [-0.2, -0.15) is 0 Å². The third kappa shape index (κ3) is 49.4. The number of hydrogen-bond donors (Lipinski definition) is 0. The van der Waals surface area contributed by atoms with Gasteiger partial charge in [-0.3, -0.25) is 14.2 Å². The fourth-order valence-electron chi connectivity index (χ4n) is 7.23. The zero-order valence-electron chi connectivity index (χ0n) is 42.2. The summed E-state index contributed by atoms with van der Waals surface area (Å²) in [4.78, 5) is 37.7. The van der Waals surface area contributed by atoms with Gasteiger partial charge in [0.1, 0.15) is 19.8 Å². The maximum atomic E-state index is 12.7. The van der Waals surface area contributed by atoms with Gasteiger partial charge in [-0.15, -0.1) is 0 Å². The second-order valence-corrected chi connectivity index (χ2v) is 20.4. The number of rotatable bonds is 48. The normalized spacial score (nSPS) is 13.8. The second kappa shape index (κ2) is 46.1. The quantitative estimate of drug-likeness (QED) is 0.0195. The summed E-state index contributed by atoms with van der Waals surface area (Å²) in [6, 6.07) is 0. The van der Waals surface area contributed by atoms with E-state index >= 15 is 0 Å². The van der Waals surface area contributed by atoms with Crippen LogP contribution in [0.15, 0.2) is 48.6 Å². The number of unbranched alkanes of at least 4 members (excludes halogenated alkanes) is 28. The first-order valence-electron chi connectivity index (χ1n) is 26.4. The predicted octanol–water partition coefficient (Wildman–Crippen LogP) is 15.2. The van der Waals surface area contributed by atoms with E-state index in [2.05, 4.69) is 62.5 Å². The van der Waals surface area contributed by atoms with E-state index in [1.165, 1.54) is 128 Å². The molecule has 0 aliphatic rings. The van der Waals surface area contributed by atoms with Crippen molar-refractivity contribution in [2.75, 3.05) is 47.5 Å². The molecule has 0 spiro atoms. The third-order valence-corrected chi connectivity index (χ3v) is 12.3. The molecular weight excluding hydrogens is 822 g/mol. The number of hydrogen-bond acceptors (Lipinski definition) is 8. The molecule has 0 radical (unpaired) electrons. The van der Waals surface area contributed by atoms with Crippen molar-refractivity contribution in [2.45, 2.75) is 238 Å². The van der Waals surface area contributed by atoms with Gasteiger partial charge in [-0.05, 0) is 64.2 Å². The molecule has 9 nitrogen and oxygen atoms in total. The summed E-state index contributed by atoms with van der Waals surface area (Å²) < 4.78 is 34.0. The van der Waals surface area contributed by atoms with Crippen molar-refractivity contribution < 1.29 is 42.1 Å². The van der Waals surface area contributed by atoms with Crippen LogP contribution in [0.1, 0.15) is 232 Å². The van der Waals surface area contributed by atoms with Crippen LogP contribution in [-0.2, 0) is 32.7 Å². The highest BCUT2D eigenvalue weighted by molar-refractivity contribution is 7.45. The van der Waals surface area contributed by atoms with Crippen LogP contribution in [0.2, 0.25) is 0 Å². The van der Waals surface area contributed by atoms with Crippen LogP contribution in [-0.4, -0.2) is 70.0 Å². The van der Waals surface area contributed by atoms with Crippen molar-refractivity contribution in [1.82, 2.24) is 0 Å². The number of phosphoric acid groups is 1. The minimum Gasteiger partial charge on any atom is -0.756 e. The minimum absolute atomic E-state index is 0.0364. The Morgan fingerprint density at radius 3 is 1.20 bits per heavy atom. The first-order chi connectivity index (χ1) is 31.0. The lowest BCUT2D eigenvalue weighted by Crippen LogP contribution is -2.37. The van der Waals surface area contributed by atoms with Gasteiger partial charge >= 0.3 is 11.9 Å². The van der Waals surface area contributed by atoms with Gasteiger partial charge in [0.05, 0.1) is 27.7 Å². The van der Waals surface area contributed by atoms with Crippen LogP contribution >= 0.6 is 7.82 Å². The van der Waals surface area contributed by atoms with Crippen LogP contribution < -0.4 is 4.89 Å². The Labute approximate surface area is 394 Å². The topological polar surface area (TPSA) is 111 Å². The number of carbonyl (C=O) groups excluding carboxylic acids is 2. The van der Waals surface area contributed by atoms with Crippen molar-refractivity contribution in [3.05, 3.63) is 48.6 Å². The molecule has 2 atom stereocenters. The molecule has 374 valence electrons. The van der Waals surface area contributed by atoms with E-state index in [1.807, 2.05) is 21.1 Å². The van der Waals surface area contributed by atoms with Crippen LogP contribution in [0, 0.1) is 0 Å². The largest absolute Gasteiger partial charge is 0.756 e. The summed E-state index contributed by atoms with van der Waals surface area (Å²) >= 11 is 0. The molecule has 0 heterocycles. The van der Waals surface area contributed by atoms with Gasteiger partial charge in [-0.25, -0.2) is 0 Å². The SMILES string of the molecule is CCCCCCCCCCC=CC=CCCCCCCCCC(=O)OC[C@H](COP(=O)([O-])OCC[N+](C)(C)C)OC(=O)CCCCCCCCC=CC=CCCCCCCCCCC. The van der Waals surface area contributed by atoms with E-state index in [9.17, 15) is 19.0 Å². The fourth-order valence-corrected chi connectivity index (χ4v) is 7.95. The Kier molecular flexibility index (Phi) is 44.6. The Bertz CT molecular complexity index is 1230. The average molecular weight is 922 g/mol. The number of phosphoric ester groups is 1. The van der Waals surface area contributed by atoms with Gasteiger partial charge in [0.2, 0.25) is 0 Å². The summed E-state index contributed by atoms with van der Waals surface area (Å²) in [6.07, 6.45) is 55.7. The summed E-state index contributed by atoms with van der Waals surface area (Å²) in [5, 5.41) is 0. The van der Waals surface area contributed by atoms with Crippen molar-refractivity contribution >= 4 is 19.8 Å². The van der Waals surface area contributed by atoms with E-state index in [4.69, 9.17) is 18.5 Å². The highest BCUT2D eigenvalue weighted by Gasteiger charge is 2.21. The van der Waals surface area contributed by atoms with Crippen molar-refractivity contribution in [2.24, 2.45) is 0 Å². The number of allylic oxidation sites excluding steroid dienone is 8. The molecule has 0 aromatic heterocycles. The zero-order valence-corrected chi connectivity index (χ0v) is 43.1. The minimum atomic E-state index is -4.64. The van der Waals surface area contributed by atoms with Crippen molar-refractivity contribution in [3.8, 4) is 0 Å². The van der Waals surface area contributed by atoms with Crippen LogP contribution in [0.3, 0.4) is 0 Å². The first kappa shape index (κ1) is 62.0. The summed E-state index contributed by atoms with van der Waals surface area (Å²) in [5.41, 5.74) is 0. The predicted molar refractivity (Wildman–Crippen MR) is 268 cm³/mol. The molecule has 0 aliphatic heterocycles. The van der Waals surface area contributed by atoms with Gasteiger partial charge in [0.15, 0.2) is 6.10 Å². The standard InChI is InChI=1S/C54H100NO8P/c1-6-8-10-12-14-16-18-20-22-24-26-28-30-32-34-36-38-40-42-44-46-53(56)60-50-52(51-62-64(58,59)61-49-48-55(3,4)5)63-54(57)47-45-43-41-39-37-35-33-31-29-27-25-23-21-19-17-15-13-11-9-7-2/h24-31,52H,6-23,32-51H2,1-5H3/t52-/m1/s1. The van der Waals surface area contributed by atoms with Crippen molar-refractivity contribution in [1.29, 1.82) is 0 Å². The van der Waals surface area contributed by atoms with Crippen LogP contribution in [0.5, 0.6) is 0 Å². The Balaban J connectivity index is 4.30. The Morgan fingerprint density at radius 2 is 0.828 bits per heavy atom. The van der Waals surface area contributed by atoms with Gasteiger partial charge < -0.3 is 27.9 Å². The molecule has 0 aromatic rings. The molecule has 0 fully saturated rings. The average Bonchev–Trinajstić information content (AvgIpc) is 3.25. The number of nitrogens with zero attached hydrogens (tertiary/aromatic N) is 1. The lowest BCUT2D eigenvalue weighted by Gasteiger charge is -2.28. The molecule has 0 amide bonds. The molecule has 0 N–H and O–H groups in total. The molecule has 0 aromatic carbocycles. The molecule has 1 unspecified atom stereocenters. The molecule has 0 bridgehead atoms. The molecule has 10 heteroatoms. The highest BCUT2D eigenvalue weighted by Crippen LogP contribution is 2.38. The monoisotopic (exact) mass is 922 g/mol. The van der Waals surface area contributed by atoms with E-state index in [0.717, 1.165) is 64.2 Å². The zero-order chi connectivity index (χ0) is 47.1. The molecular formula is C54H100NO8P. The smallest absolute Gasteiger partial charge is 0.306 e. The number of likely N-dealkylation sites (N-methyl/N-ethyl adjacent to an activating group) is 1. The maximum absolute atomic E-state index is 12.7. The number of ether oxygens (including phenoxy) is 2. The van der Waals surface area contributed by atoms with E-state index < -0.39 is 32.5 Å². The first-order valence-corrected chi connectivity index (χ1v) is 27.8. The van der Waals surface area contributed by atoms with E-state index in [0.29, 0.717) is 23.9 Å². The maximum Gasteiger partial charge on any atom is 0.306 e. The Hall–Kier alpha value is -2.03. The lowest BCUT2D eigenvalue weighted by molar-refractivity contribution is -0.870. The molecule has 64 heavy (non-hydrogen) atoms. The molecule has 0 saturated heterocycles. The van der Waals surface area contributed by atoms with E-state index in [-0.39, 0.29) is 26.1 Å². The van der Waals surface area contributed by atoms with Crippen LogP contribution in [0.25, 0.3) is 0 Å². The fraction of sp³-hybridized carbons (Fsp3) is 0.815. The lowest BCUT2D eigenvalue weighted by atomic mass is 10.1. The summed E-state index contributed by atoms with van der Waals surface area (Å²) in [6.45, 7) is 4.22. The molecule has 0 saturated carbocycles. The van der Waals surface area contributed by atoms with Crippen LogP contribution in [0.4, 0.5) is 0 Å². The number of esters is 2. The molecule has 0 rings (SSSR count). The third-order valence-electron chi connectivity index (χ3n) is 11.4. The number of quaternary nitrogens is 1. The van der Waals surface area contributed by atoms with E-state index in [1.54, 1.807) is 0 Å². The second-order valence-electron chi connectivity index (χ2n) is 18.9. The highest BCUT2D eigenvalue weighted by atomic mass is 31.2. The Morgan fingerprint density at radius 1 is 0.484 bits per heavy atom. The van der Waals surface area contributed by atoms with Gasteiger partial charge in [0, 0.05) is 12.8 Å². The van der Waals surface area contributed by atoms with Gasteiger partial charge in [-0.1, -0.05) is 204 Å². The van der Waals surface area contributed by atoms with Gasteiger partial charge in [0.25, 0.3) is 7.82 Å². The molecule has 0 aliphatic carbocycles. The number of carbonyl (C=O) groups is 2.